The largest absolute Gasteiger partial charge is 0.493 e. The summed E-state index contributed by atoms with van der Waals surface area (Å²) in [5.41, 5.74) is 2.70. The van der Waals surface area contributed by atoms with Gasteiger partial charge >= 0.3 is 0 Å². The zero-order valence-electron chi connectivity index (χ0n) is 17.1. The number of benzene rings is 2. The average molecular weight is 394 g/mol. The second-order valence-electron chi connectivity index (χ2n) is 7.19. The lowest BCUT2D eigenvalue weighted by molar-refractivity contribution is 0.0621. The molecule has 1 aromatic heterocycles. The van der Waals surface area contributed by atoms with Crippen molar-refractivity contribution in [1.29, 1.82) is 0 Å². The molecule has 7 heteroatoms. The molecule has 152 valence electrons. The van der Waals surface area contributed by atoms with E-state index in [1.807, 2.05) is 29.2 Å². The van der Waals surface area contributed by atoms with Gasteiger partial charge in [-0.05, 0) is 24.3 Å². The summed E-state index contributed by atoms with van der Waals surface area (Å²) in [7, 11) is 5.19. The van der Waals surface area contributed by atoms with Crippen LogP contribution in [0.15, 0.2) is 42.5 Å². The van der Waals surface area contributed by atoms with Gasteiger partial charge in [0, 0.05) is 33.2 Å². The van der Waals surface area contributed by atoms with Crippen molar-refractivity contribution in [2.75, 3.05) is 40.4 Å². The second-order valence-corrected chi connectivity index (χ2v) is 7.19. The first-order valence-electron chi connectivity index (χ1n) is 9.75. The Morgan fingerprint density at radius 3 is 2.45 bits per heavy atom. The Bertz CT molecular complexity index is 1020. The molecule has 7 nitrogen and oxygen atoms in total. The maximum Gasteiger partial charge on any atom is 0.257 e. The van der Waals surface area contributed by atoms with Gasteiger partial charge in [-0.25, -0.2) is 4.98 Å². The molecule has 0 unspecified atom stereocenters. The Hall–Kier alpha value is -3.06. The topological polar surface area (TPSA) is 59.8 Å². The van der Waals surface area contributed by atoms with Crippen molar-refractivity contribution in [3.63, 3.8) is 0 Å². The van der Waals surface area contributed by atoms with Gasteiger partial charge in [0.25, 0.3) is 5.91 Å². The summed E-state index contributed by atoms with van der Waals surface area (Å²) in [6.07, 6.45) is 0. The van der Waals surface area contributed by atoms with Crippen molar-refractivity contribution in [2.24, 2.45) is 7.05 Å². The van der Waals surface area contributed by atoms with Crippen LogP contribution in [0.4, 0.5) is 0 Å². The number of rotatable bonds is 5. The number of fused-ring (bicyclic) bond motifs is 1. The summed E-state index contributed by atoms with van der Waals surface area (Å²) in [6.45, 7) is 3.73. The number of para-hydroxylation sites is 3. The number of aryl methyl sites for hydroxylation is 1. The van der Waals surface area contributed by atoms with E-state index in [0.717, 1.165) is 36.5 Å². The summed E-state index contributed by atoms with van der Waals surface area (Å²) in [4.78, 5) is 22.0. The van der Waals surface area contributed by atoms with Gasteiger partial charge < -0.3 is 18.9 Å². The minimum atomic E-state index is -0.0249. The van der Waals surface area contributed by atoms with Crippen molar-refractivity contribution in [1.82, 2.24) is 19.4 Å². The average Bonchev–Trinajstić information content (AvgIpc) is 3.08. The van der Waals surface area contributed by atoms with E-state index < -0.39 is 0 Å². The first kappa shape index (κ1) is 19.3. The van der Waals surface area contributed by atoms with E-state index in [9.17, 15) is 4.79 Å². The number of nitrogens with zero attached hydrogens (tertiary/aromatic N) is 4. The molecule has 3 aromatic rings. The highest BCUT2D eigenvalue weighted by atomic mass is 16.5. The SMILES string of the molecule is COc1cccc(C(=O)N2CCN(Cc3nc4ccccc4n3C)CC2)c1OC. The van der Waals surface area contributed by atoms with Crippen LogP contribution in [0, 0.1) is 0 Å². The third-order valence-electron chi connectivity index (χ3n) is 5.54. The highest BCUT2D eigenvalue weighted by Crippen LogP contribution is 2.31. The molecule has 0 radical (unpaired) electrons. The summed E-state index contributed by atoms with van der Waals surface area (Å²) in [6, 6.07) is 13.6. The van der Waals surface area contributed by atoms with Gasteiger partial charge in [0.15, 0.2) is 11.5 Å². The van der Waals surface area contributed by atoms with Crippen molar-refractivity contribution in [2.45, 2.75) is 6.54 Å². The molecule has 2 aromatic carbocycles. The zero-order chi connectivity index (χ0) is 20.4. The van der Waals surface area contributed by atoms with E-state index in [1.165, 1.54) is 0 Å². The van der Waals surface area contributed by atoms with Gasteiger partial charge in [-0.15, -0.1) is 0 Å². The second kappa shape index (κ2) is 8.13. The van der Waals surface area contributed by atoms with E-state index in [4.69, 9.17) is 14.5 Å². The van der Waals surface area contributed by atoms with Crippen molar-refractivity contribution >= 4 is 16.9 Å². The lowest BCUT2D eigenvalue weighted by atomic mass is 10.1. The number of carbonyl (C=O) groups is 1. The van der Waals surface area contributed by atoms with E-state index >= 15 is 0 Å². The molecule has 0 atom stereocenters. The minimum Gasteiger partial charge on any atom is -0.493 e. The number of hydrogen-bond donors (Lipinski definition) is 0. The number of imidazole rings is 1. The van der Waals surface area contributed by atoms with Gasteiger partial charge in [-0.2, -0.15) is 0 Å². The summed E-state index contributed by atoms with van der Waals surface area (Å²) < 4.78 is 12.9. The molecule has 1 fully saturated rings. The van der Waals surface area contributed by atoms with Crippen LogP contribution in [-0.2, 0) is 13.6 Å². The molecule has 0 spiro atoms. The maximum absolute atomic E-state index is 13.0. The molecule has 0 saturated carbocycles. The Labute approximate surface area is 170 Å². The lowest BCUT2D eigenvalue weighted by Crippen LogP contribution is -2.48. The van der Waals surface area contributed by atoms with Crippen LogP contribution in [0.2, 0.25) is 0 Å². The highest BCUT2D eigenvalue weighted by Gasteiger charge is 2.26. The standard InChI is InChI=1S/C22H26N4O3/c1-24-18-9-5-4-8-17(18)23-20(24)15-25-11-13-26(14-12-25)22(27)16-7-6-10-19(28-2)21(16)29-3/h4-10H,11-15H2,1-3H3. The molecule has 29 heavy (non-hydrogen) atoms. The summed E-state index contributed by atoms with van der Waals surface area (Å²) in [5.74, 6) is 2.07. The van der Waals surface area contributed by atoms with E-state index in [0.29, 0.717) is 30.2 Å². The van der Waals surface area contributed by atoms with Crippen LogP contribution in [0.3, 0.4) is 0 Å². The third kappa shape index (κ3) is 3.65. The molecule has 1 aliphatic rings. The molecule has 0 N–H and O–H groups in total. The van der Waals surface area contributed by atoms with E-state index in [2.05, 4.69) is 22.6 Å². The number of methoxy groups -OCH3 is 2. The number of ether oxygens (including phenoxy) is 2. The summed E-state index contributed by atoms with van der Waals surface area (Å²) >= 11 is 0. The van der Waals surface area contributed by atoms with Gasteiger partial charge in [0.05, 0.1) is 37.4 Å². The molecular weight excluding hydrogens is 368 g/mol. The maximum atomic E-state index is 13.0. The predicted molar refractivity (Wildman–Crippen MR) is 111 cm³/mol. The molecular formula is C22H26N4O3. The van der Waals surface area contributed by atoms with Gasteiger partial charge in [-0.3, -0.25) is 9.69 Å². The molecule has 4 rings (SSSR count). The van der Waals surface area contributed by atoms with Gasteiger partial charge in [0.2, 0.25) is 0 Å². The number of piperazine rings is 1. The lowest BCUT2D eigenvalue weighted by Gasteiger charge is -2.34. The van der Waals surface area contributed by atoms with Crippen LogP contribution in [0.1, 0.15) is 16.2 Å². The third-order valence-corrected chi connectivity index (χ3v) is 5.54. The Kier molecular flexibility index (Phi) is 5.40. The first-order chi connectivity index (χ1) is 14.1. The van der Waals surface area contributed by atoms with Crippen LogP contribution >= 0.6 is 0 Å². The molecule has 2 heterocycles. The van der Waals surface area contributed by atoms with Crippen LogP contribution < -0.4 is 9.47 Å². The molecule has 1 amide bonds. The van der Waals surface area contributed by atoms with Crippen LogP contribution in [-0.4, -0.2) is 65.7 Å². The quantitative estimate of drug-likeness (QED) is 0.666. The Morgan fingerprint density at radius 1 is 1.00 bits per heavy atom. The number of hydrogen-bond acceptors (Lipinski definition) is 5. The summed E-state index contributed by atoms with van der Waals surface area (Å²) in [5, 5.41) is 0. The molecule has 1 aliphatic heterocycles. The van der Waals surface area contributed by atoms with Crippen LogP contribution in [0.5, 0.6) is 11.5 Å². The fraction of sp³-hybridized carbons (Fsp3) is 0.364. The number of amides is 1. The fourth-order valence-electron chi connectivity index (χ4n) is 3.87. The van der Waals surface area contributed by atoms with E-state index in [-0.39, 0.29) is 5.91 Å². The van der Waals surface area contributed by atoms with E-state index in [1.54, 1.807) is 26.4 Å². The zero-order valence-corrected chi connectivity index (χ0v) is 17.1. The normalized spacial score (nSPS) is 14.9. The minimum absolute atomic E-state index is 0.0249. The van der Waals surface area contributed by atoms with Gasteiger partial charge in [-0.1, -0.05) is 18.2 Å². The predicted octanol–water partition coefficient (Wildman–Crippen LogP) is 2.55. The number of carbonyl (C=O) groups excluding carboxylic acids is 1. The molecule has 0 bridgehead atoms. The Morgan fingerprint density at radius 2 is 1.76 bits per heavy atom. The highest BCUT2D eigenvalue weighted by molar-refractivity contribution is 5.98. The van der Waals surface area contributed by atoms with Crippen molar-refractivity contribution in [3.05, 3.63) is 53.9 Å². The van der Waals surface area contributed by atoms with Crippen molar-refractivity contribution in [3.8, 4) is 11.5 Å². The monoisotopic (exact) mass is 394 g/mol. The first-order valence-corrected chi connectivity index (χ1v) is 9.75. The fourth-order valence-corrected chi connectivity index (χ4v) is 3.87. The smallest absolute Gasteiger partial charge is 0.257 e. The molecule has 1 saturated heterocycles. The Balaban J connectivity index is 1.43. The van der Waals surface area contributed by atoms with Gasteiger partial charge in [0.1, 0.15) is 5.82 Å². The number of aromatic nitrogens is 2. The van der Waals surface area contributed by atoms with Crippen molar-refractivity contribution < 1.29 is 14.3 Å². The van der Waals surface area contributed by atoms with Crippen LogP contribution in [0.25, 0.3) is 11.0 Å². The molecule has 0 aliphatic carbocycles.